The molecule has 0 radical (unpaired) electrons. The highest BCUT2D eigenvalue weighted by molar-refractivity contribution is 7.91. The zero-order valence-corrected chi connectivity index (χ0v) is 10.5. The van der Waals surface area contributed by atoms with Crippen molar-refractivity contribution in [3.8, 4) is 0 Å². The van der Waals surface area contributed by atoms with Gasteiger partial charge in [-0.15, -0.1) is 0 Å². The van der Waals surface area contributed by atoms with Crippen LogP contribution in [0.25, 0.3) is 10.9 Å². The van der Waals surface area contributed by atoms with Crippen LogP contribution in [0, 0.1) is 6.92 Å². The summed E-state index contributed by atoms with van der Waals surface area (Å²) in [6, 6.07) is 5.64. The Morgan fingerprint density at radius 2 is 2.06 bits per heavy atom. The maximum absolute atomic E-state index is 11.9. The molecule has 90 valence electrons. The molecule has 0 saturated carbocycles. The highest BCUT2D eigenvalue weighted by Crippen LogP contribution is 2.22. The van der Waals surface area contributed by atoms with Crippen molar-refractivity contribution < 1.29 is 13.2 Å². The van der Waals surface area contributed by atoms with E-state index in [9.17, 15) is 13.2 Å². The SMILES string of the molecule is Cc1cccc2[nH]cc(C(=O)CS(C)(=O)=O)c12. The number of aromatic amines is 1. The first kappa shape index (κ1) is 11.9. The van der Waals surface area contributed by atoms with Gasteiger partial charge in [-0.25, -0.2) is 8.42 Å². The zero-order valence-electron chi connectivity index (χ0n) is 9.65. The number of H-pyrrole nitrogens is 1. The first-order chi connectivity index (χ1) is 7.88. The largest absolute Gasteiger partial charge is 0.360 e. The lowest BCUT2D eigenvalue weighted by Gasteiger charge is -2.00. The van der Waals surface area contributed by atoms with Crippen molar-refractivity contribution in [3.63, 3.8) is 0 Å². The van der Waals surface area contributed by atoms with E-state index in [2.05, 4.69) is 4.98 Å². The molecule has 0 unspecified atom stereocenters. The third kappa shape index (κ3) is 2.39. The summed E-state index contributed by atoms with van der Waals surface area (Å²) in [4.78, 5) is 14.9. The van der Waals surface area contributed by atoms with E-state index in [-0.39, 0.29) is 5.78 Å². The quantitative estimate of drug-likeness (QED) is 0.844. The summed E-state index contributed by atoms with van der Waals surface area (Å²) in [6.07, 6.45) is 2.64. The van der Waals surface area contributed by atoms with Crippen molar-refractivity contribution in [1.29, 1.82) is 0 Å². The molecule has 2 rings (SSSR count). The molecule has 1 heterocycles. The van der Waals surface area contributed by atoms with E-state index in [1.807, 2.05) is 25.1 Å². The number of benzene rings is 1. The predicted octanol–water partition coefficient (Wildman–Crippen LogP) is 1.70. The fraction of sp³-hybridized carbons (Fsp3) is 0.250. The van der Waals surface area contributed by atoms with Gasteiger partial charge >= 0.3 is 0 Å². The molecule has 0 saturated heterocycles. The minimum atomic E-state index is -3.29. The maximum Gasteiger partial charge on any atom is 0.180 e. The number of aromatic nitrogens is 1. The Morgan fingerprint density at radius 1 is 1.35 bits per heavy atom. The molecule has 0 spiro atoms. The lowest BCUT2D eigenvalue weighted by atomic mass is 10.1. The van der Waals surface area contributed by atoms with Crippen LogP contribution in [0.2, 0.25) is 0 Å². The Balaban J connectivity index is 2.53. The minimum Gasteiger partial charge on any atom is -0.360 e. The Hall–Kier alpha value is -1.62. The molecule has 0 aliphatic carbocycles. The van der Waals surface area contributed by atoms with Crippen molar-refractivity contribution in [2.45, 2.75) is 6.92 Å². The summed E-state index contributed by atoms with van der Waals surface area (Å²) < 4.78 is 22.3. The number of carbonyl (C=O) groups excluding carboxylic acids is 1. The van der Waals surface area contributed by atoms with E-state index in [0.717, 1.165) is 22.7 Å². The van der Waals surface area contributed by atoms with Crippen molar-refractivity contribution in [1.82, 2.24) is 4.98 Å². The second kappa shape index (κ2) is 4.00. The number of aryl methyl sites for hydroxylation is 1. The van der Waals surface area contributed by atoms with Crippen LogP contribution >= 0.6 is 0 Å². The monoisotopic (exact) mass is 251 g/mol. The van der Waals surface area contributed by atoms with Gasteiger partial charge in [0.15, 0.2) is 15.6 Å². The van der Waals surface area contributed by atoms with E-state index in [1.165, 1.54) is 0 Å². The van der Waals surface area contributed by atoms with Crippen LogP contribution in [0.3, 0.4) is 0 Å². The van der Waals surface area contributed by atoms with Gasteiger partial charge < -0.3 is 4.98 Å². The highest BCUT2D eigenvalue weighted by Gasteiger charge is 2.17. The van der Waals surface area contributed by atoms with Crippen molar-refractivity contribution in [2.75, 3.05) is 12.0 Å². The smallest absolute Gasteiger partial charge is 0.180 e. The number of sulfone groups is 1. The standard InChI is InChI=1S/C12H13NO3S/c1-8-4-3-5-10-12(8)9(6-13-10)11(14)7-17(2,15)16/h3-6,13H,7H2,1-2H3. The number of ketones is 1. The molecule has 0 fully saturated rings. The van der Waals surface area contributed by atoms with Gasteiger partial charge in [0.25, 0.3) is 0 Å². The third-order valence-electron chi connectivity index (χ3n) is 2.61. The van der Waals surface area contributed by atoms with Crippen LogP contribution in [0.4, 0.5) is 0 Å². The van der Waals surface area contributed by atoms with Gasteiger partial charge in [-0.2, -0.15) is 0 Å². The normalized spacial score (nSPS) is 11.9. The second-order valence-corrected chi connectivity index (χ2v) is 6.33. The van der Waals surface area contributed by atoms with Crippen molar-refractivity contribution >= 4 is 26.5 Å². The number of nitrogens with one attached hydrogen (secondary N) is 1. The molecule has 5 heteroatoms. The number of hydrogen-bond acceptors (Lipinski definition) is 3. The lowest BCUT2D eigenvalue weighted by molar-refractivity contribution is 0.102. The molecule has 0 aliphatic heterocycles. The molecule has 0 aliphatic rings. The number of rotatable bonds is 3. The molecule has 4 nitrogen and oxygen atoms in total. The summed E-state index contributed by atoms with van der Waals surface area (Å²) >= 11 is 0. The van der Waals surface area contributed by atoms with Crippen LogP contribution in [-0.2, 0) is 9.84 Å². The van der Waals surface area contributed by atoms with Gasteiger partial charge in [-0.3, -0.25) is 4.79 Å². The Kier molecular flexibility index (Phi) is 2.79. The summed E-state index contributed by atoms with van der Waals surface area (Å²) in [5.41, 5.74) is 2.26. The fourth-order valence-electron chi connectivity index (χ4n) is 1.90. The Morgan fingerprint density at radius 3 is 2.71 bits per heavy atom. The number of fused-ring (bicyclic) bond motifs is 1. The average molecular weight is 251 g/mol. The molecular formula is C12H13NO3S. The van der Waals surface area contributed by atoms with Crippen LogP contribution in [0.1, 0.15) is 15.9 Å². The molecule has 1 aromatic carbocycles. The third-order valence-corrected chi connectivity index (χ3v) is 3.39. The molecule has 0 amide bonds. The average Bonchev–Trinajstić information content (AvgIpc) is 2.60. The van der Waals surface area contributed by atoms with Crippen LogP contribution < -0.4 is 0 Å². The number of carbonyl (C=O) groups is 1. The molecule has 17 heavy (non-hydrogen) atoms. The number of hydrogen-bond donors (Lipinski definition) is 1. The van der Waals surface area contributed by atoms with Gasteiger partial charge in [-0.05, 0) is 18.6 Å². The van der Waals surface area contributed by atoms with E-state index < -0.39 is 15.6 Å². The lowest BCUT2D eigenvalue weighted by Crippen LogP contribution is -2.14. The van der Waals surface area contributed by atoms with E-state index in [1.54, 1.807) is 6.20 Å². The molecule has 0 atom stereocenters. The van der Waals surface area contributed by atoms with Crippen LogP contribution in [0.5, 0.6) is 0 Å². The summed E-state index contributed by atoms with van der Waals surface area (Å²) in [5.74, 6) is -0.818. The first-order valence-electron chi connectivity index (χ1n) is 5.16. The first-order valence-corrected chi connectivity index (χ1v) is 7.22. The van der Waals surface area contributed by atoms with Gasteiger partial charge in [0, 0.05) is 28.9 Å². The fourth-order valence-corrected chi connectivity index (χ4v) is 2.54. The summed E-state index contributed by atoms with van der Waals surface area (Å²) in [6.45, 7) is 1.90. The summed E-state index contributed by atoms with van der Waals surface area (Å²) in [7, 11) is -3.29. The number of Topliss-reactive ketones (excluding diaryl/α,β-unsaturated/α-hetero) is 1. The van der Waals surface area contributed by atoms with Crippen LogP contribution in [0.15, 0.2) is 24.4 Å². The van der Waals surface area contributed by atoms with Gasteiger partial charge in [0.1, 0.15) is 5.75 Å². The predicted molar refractivity (Wildman–Crippen MR) is 67.1 cm³/mol. The molecular weight excluding hydrogens is 238 g/mol. The van der Waals surface area contributed by atoms with Gasteiger partial charge in [0.2, 0.25) is 0 Å². The zero-order chi connectivity index (χ0) is 12.6. The van der Waals surface area contributed by atoms with E-state index in [4.69, 9.17) is 0 Å². The van der Waals surface area contributed by atoms with Gasteiger partial charge in [0.05, 0.1) is 0 Å². The Bertz CT molecular complexity index is 683. The van der Waals surface area contributed by atoms with Crippen LogP contribution in [-0.4, -0.2) is 31.2 Å². The molecule has 1 N–H and O–H groups in total. The molecule has 1 aromatic heterocycles. The maximum atomic E-state index is 11.9. The Labute approximate surface area is 99.6 Å². The van der Waals surface area contributed by atoms with Gasteiger partial charge in [-0.1, -0.05) is 12.1 Å². The topological polar surface area (TPSA) is 67.0 Å². The highest BCUT2D eigenvalue weighted by atomic mass is 32.2. The van der Waals surface area contributed by atoms with E-state index >= 15 is 0 Å². The van der Waals surface area contributed by atoms with Crippen molar-refractivity contribution in [2.24, 2.45) is 0 Å². The second-order valence-electron chi connectivity index (χ2n) is 4.19. The summed E-state index contributed by atoms with van der Waals surface area (Å²) in [5, 5.41) is 0.807. The minimum absolute atomic E-state index is 0.368. The molecule has 0 bridgehead atoms. The van der Waals surface area contributed by atoms with E-state index in [0.29, 0.717) is 5.56 Å². The van der Waals surface area contributed by atoms with Crippen molar-refractivity contribution in [3.05, 3.63) is 35.5 Å². The molecule has 2 aromatic rings.